The SMILES string of the molecule is O=C(CCN1C(=O)c2ccccc2S1(=O)=O)Nc1cccc(C(=O)O)c1. The van der Waals surface area contributed by atoms with Crippen molar-refractivity contribution < 1.29 is 27.9 Å². The van der Waals surface area contributed by atoms with Gasteiger partial charge in [-0.25, -0.2) is 17.5 Å². The van der Waals surface area contributed by atoms with E-state index in [9.17, 15) is 22.8 Å². The number of carbonyl (C=O) groups excluding carboxylic acids is 2. The maximum atomic E-state index is 12.4. The van der Waals surface area contributed by atoms with Crippen LogP contribution in [0.2, 0.25) is 0 Å². The molecule has 1 aliphatic rings. The molecule has 2 aromatic rings. The Kier molecular flexibility index (Phi) is 4.47. The van der Waals surface area contributed by atoms with Crippen LogP contribution in [-0.4, -0.2) is 42.2 Å². The minimum absolute atomic E-state index is 0.00977. The van der Waals surface area contributed by atoms with E-state index in [-0.39, 0.29) is 34.7 Å². The van der Waals surface area contributed by atoms with Gasteiger partial charge in [-0.15, -0.1) is 0 Å². The molecule has 0 saturated heterocycles. The number of aromatic carboxylic acids is 1. The monoisotopic (exact) mass is 374 g/mol. The van der Waals surface area contributed by atoms with E-state index in [0.29, 0.717) is 4.31 Å². The van der Waals surface area contributed by atoms with Crippen molar-refractivity contribution in [3.8, 4) is 0 Å². The van der Waals surface area contributed by atoms with Crippen molar-refractivity contribution in [2.75, 3.05) is 11.9 Å². The third-order valence-electron chi connectivity index (χ3n) is 3.85. The fourth-order valence-electron chi connectivity index (χ4n) is 2.61. The number of carboxylic acid groups (broad SMARTS) is 1. The number of rotatable bonds is 5. The Morgan fingerprint density at radius 1 is 1.08 bits per heavy atom. The Bertz CT molecular complexity index is 1020. The summed E-state index contributed by atoms with van der Waals surface area (Å²) in [5.41, 5.74) is 0.367. The number of amides is 2. The van der Waals surface area contributed by atoms with Crippen LogP contribution in [0.25, 0.3) is 0 Å². The van der Waals surface area contributed by atoms with Gasteiger partial charge in [-0.1, -0.05) is 18.2 Å². The zero-order chi connectivity index (χ0) is 18.9. The summed E-state index contributed by atoms with van der Waals surface area (Å²) in [5, 5.41) is 11.4. The maximum Gasteiger partial charge on any atom is 0.335 e. The fraction of sp³-hybridized carbons (Fsp3) is 0.118. The van der Waals surface area contributed by atoms with Gasteiger partial charge in [0.25, 0.3) is 15.9 Å². The molecule has 0 aliphatic carbocycles. The molecule has 2 N–H and O–H groups in total. The summed E-state index contributed by atoms with van der Waals surface area (Å²) in [6, 6.07) is 11.5. The largest absolute Gasteiger partial charge is 0.478 e. The van der Waals surface area contributed by atoms with Crippen LogP contribution in [0.4, 0.5) is 5.69 Å². The molecule has 0 saturated carbocycles. The molecule has 0 bridgehead atoms. The van der Waals surface area contributed by atoms with Gasteiger partial charge < -0.3 is 10.4 Å². The van der Waals surface area contributed by atoms with E-state index in [1.807, 2.05) is 0 Å². The zero-order valence-electron chi connectivity index (χ0n) is 13.4. The van der Waals surface area contributed by atoms with Crippen LogP contribution >= 0.6 is 0 Å². The molecule has 2 amide bonds. The first kappa shape index (κ1) is 17.6. The number of nitrogens with one attached hydrogen (secondary N) is 1. The van der Waals surface area contributed by atoms with E-state index < -0.39 is 27.8 Å². The summed E-state index contributed by atoms with van der Waals surface area (Å²) in [4.78, 5) is 35.2. The Morgan fingerprint density at radius 3 is 2.50 bits per heavy atom. The number of carbonyl (C=O) groups is 3. The first-order valence-electron chi connectivity index (χ1n) is 7.60. The van der Waals surface area contributed by atoms with Crippen molar-refractivity contribution >= 4 is 33.5 Å². The van der Waals surface area contributed by atoms with Gasteiger partial charge in [0, 0.05) is 18.7 Å². The number of fused-ring (bicyclic) bond motifs is 1. The maximum absolute atomic E-state index is 12.4. The van der Waals surface area contributed by atoms with Crippen molar-refractivity contribution in [2.24, 2.45) is 0 Å². The van der Waals surface area contributed by atoms with Crippen molar-refractivity contribution in [1.29, 1.82) is 0 Å². The van der Waals surface area contributed by atoms with Crippen molar-refractivity contribution in [3.63, 3.8) is 0 Å². The fourth-order valence-corrected chi connectivity index (χ4v) is 4.18. The molecule has 2 aromatic carbocycles. The molecule has 26 heavy (non-hydrogen) atoms. The van der Waals surface area contributed by atoms with E-state index in [0.717, 1.165) is 0 Å². The Labute approximate surface area is 149 Å². The number of carboxylic acids is 1. The molecular formula is C17H14N2O6S. The molecule has 0 fully saturated rings. The van der Waals surface area contributed by atoms with Gasteiger partial charge in [0.2, 0.25) is 5.91 Å². The van der Waals surface area contributed by atoms with Crippen molar-refractivity contribution in [1.82, 2.24) is 4.31 Å². The van der Waals surface area contributed by atoms with Gasteiger partial charge >= 0.3 is 5.97 Å². The third-order valence-corrected chi connectivity index (χ3v) is 5.69. The second-order valence-corrected chi connectivity index (χ2v) is 7.39. The van der Waals surface area contributed by atoms with Crippen LogP contribution in [0.3, 0.4) is 0 Å². The number of benzene rings is 2. The standard InChI is InChI=1S/C17H14N2O6S/c20-15(18-12-5-3-4-11(10-12)17(22)23)8-9-19-16(21)13-6-1-2-7-14(13)26(19,24)25/h1-7,10H,8-9H2,(H,18,20)(H,22,23). The topological polar surface area (TPSA) is 121 Å². The lowest BCUT2D eigenvalue weighted by Gasteiger charge is -2.14. The van der Waals surface area contributed by atoms with Crippen LogP contribution in [-0.2, 0) is 14.8 Å². The van der Waals surface area contributed by atoms with Gasteiger partial charge in [0.15, 0.2) is 0 Å². The second kappa shape index (κ2) is 6.60. The van der Waals surface area contributed by atoms with Crippen LogP contribution in [0, 0.1) is 0 Å². The Balaban J connectivity index is 1.68. The molecule has 1 heterocycles. The number of sulfonamides is 1. The van der Waals surface area contributed by atoms with E-state index in [1.54, 1.807) is 6.07 Å². The summed E-state index contributed by atoms with van der Waals surface area (Å²) < 4.78 is 25.5. The predicted molar refractivity (Wildman–Crippen MR) is 91.3 cm³/mol. The number of hydrogen-bond acceptors (Lipinski definition) is 5. The minimum Gasteiger partial charge on any atom is -0.478 e. The molecular weight excluding hydrogens is 360 g/mol. The predicted octanol–water partition coefficient (Wildman–Crippen LogP) is 1.56. The van der Waals surface area contributed by atoms with Gasteiger partial charge in [-0.3, -0.25) is 9.59 Å². The smallest absolute Gasteiger partial charge is 0.335 e. The highest BCUT2D eigenvalue weighted by atomic mass is 32.2. The summed E-state index contributed by atoms with van der Waals surface area (Å²) in [7, 11) is -3.96. The molecule has 8 nitrogen and oxygen atoms in total. The lowest BCUT2D eigenvalue weighted by molar-refractivity contribution is -0.116. The summed E-state index contributed by atoms with van der Waals surface area (Å²) in [6.45, 7) is -0.305. The van der Waals surface area contributed by atoms with Gasteiger partial charge in [-0.05, 0) is 30.3 Å². The Hall–Kier alpha value is -3.20. The molecule has 0 spiro atoms. The average molecular weight is 374 g/mol. The normalized spacial score (nSPS) is 14.8. The molecule has 0 atom stereocenters. The van der Waals surface area contributed by atoms with E-state index >= 15 is 0 Å². The zero-order valence-corrected chi connectivity index (χ0v) is 14.2. The minimum atomic E-state index is -3.96. The number of anilines is 1. The molecule has 134 valence electrons. The van der Waals surface area contributed by atoms with E-state index in [2.05, 4.69) is 5.32 Å². The molecule has 1 aliphatic heterocycles. The van der Waals surface area contributed by atoms with Crippen LogP contribution in [0.1, 0.15) is 27.1 Å². The lowest BCUT2D eigenvalue weighted by atomic mass is 10.2. The highest BCUT2D eigenvalue weighted by Gasteiger charge is 2.40. The van der Waals surface area contributed by atoms with Crippen LogP contribution in [0.15, 0.2) is 53.4 Å². The molecule has 0 radical (unpaired) electrons. The van der Waals surface area contributed by atoms with Gasteiger partial charge in [-0.2, -0.15) is 0 Å². The summed E-state index contributed by atoms with van der Waals surface area (Å²) in [5.74, 6) is -2.33. The molecule has 0 unspecified atom stereocenters. The second-order valence-electron chi connectivity index (χ2n) is 5.56. The molecule has 9 heteroatoms. The quantitative estimate of drug-likeness (QED) is 0.819. The molecule has 3 rings (SSSR count). The lowest BCUT2D eigenvalue weighted by Crippen LogP contribution is -2.33. The summed E-state index contributed by atoms with van der Waals surface area (Å²) >= 11 is 0. The first-order valence-corrected chi connectivity index (χ1v) is 9.04. The summed E-state index contributed by atoms with van der Waals surface area (Å²) in [6.07, 6.45) is -0.254. The van der Waals surface area contributed by atoms with Crippen LogP contribution in [0.5, 0.6) is 0 Å². The number of nitrogens with zero attached hydrogens (tertiary/aromatic N) is 1. The van der Waals surface area contributed by atoms with E-state index in [4.69, 9.17) is 5.11 Å². The molecule has 0 aromatic heterocycles. The number of hydrogen-bond donors (Lipinski definition) is 2. The van der Waals surface area contributed by atoms with Crippen molar-refractivity contribution in [2.45, 2.75) is 11.3 Å². The first-order chi connectivity index (χ1) is 12.3. The highest BCUT2D eigenvalue weighted by Crippen LogP contribution is 2.29. The third kappa shape index (κ3) is 3.16. The van der Waals surface area contributed by atoms with Crippen LogP contribution < -0.4 is 5.32 Å². The van der Waals surface area contributed by atoms with E-state index in [1.165, 1.54) is 42.5 Å². The average Bonchev–Trinajstić information content (AvgIpc) is 2.80. The van der Waals surface area contributed by atoms with Crippen molar-refractivity contribution in [3.05, 3.63) is 59.7 Å². The van der Waals surface area contributed by atoms with Gasteiger partial charge in [0.1, 0.15) is 4.90 Å². The van der Waals surface area contributed by atoms with Gasteiger partial charge in [0.05, 0.1) is 11.1 Å². The Morgan fingerprint density at radius 2 is 1.81 bits per heavy atom. The highest BCUT2D eigenvalue weighted by molar-refractivity contribution is 7.90.